The van der Waals surface area contributed by atoms with E-state index >= 15 is 0 Å². The largest absolute Gasteiger partial charge is 0.771 e. The fraction of sp³-hybridized carbons (Fsp3) is 0.100. The SMILES string of the molecule is COc1cccc(-n2c(=O)[nH]c3c(C(N)=O)nc(-c4cccc(NCS(=O)[O-])c4)nc32)c1. The van der Waals surface area contributed by atoms with Crippen LogP contribution in [0.1, 0.15) is 10.5 Å². The summed E-state index contributed by atoms with van der Waals surface area (Å²) in [6, 6.07) is 13.4. The summed E-state index contributed by atoms with van der Waals surface area (Å²) < 4.78 is 28.2. The van der Waals surface area contributed by atoms with Crippen LogP contribution in [0.3, 0.4) is 0 Å². The molecule has 4 aromatic rings. The number of primary amides is 1. The van der Waals surface area contributed by atoms with Crippen LogP contribution in [0.2, 0.25) is 0 Å². The van der Waals surface area contributed by atoms with Crippen molar-refractivity contribution < 1.29 is 18.3 Å². The molecule has 0 aliphatic rings. The molecule has 0 aliphatic carbocycles. The molecule has 32 heavy (non-hydrogen) atoms. The predicted molar refractivity (Wildman–Crippen MR) is 117 cm³/mol. The molecule has 11 nitrogen and oxygen atoms in total. The van der Waals surface area contributed by atoms with E-state index in [1.165, 1.54) is 11.7 Å². The minimum absolute atomic E-state index is 0.102. The number of hydrogen-bond donors (Lipinski definition) is 3. The first-order valence-corrected chi connectivity index (χ1v) is 10.5. The van der Waals surface area contributed by atoms with Gasteiger partial charge in [-0.05, 0) is 35.3 Å². The molecule has 0 radical (unpaired) electrons. The standard InChI is InChI=1S/C20H18N6O5S/c1-31-14-7-3-6-13(9-14)26-19-16(24-20(26)28)15(17(21)27)23-18(25-19)11-4-2-5-12(8-11)22-10-32(29)30/h2-9,22H,10H2,1H3,(H2,21,27)(H,24,28)(H,29,30)/p-1. The van der Waals surface area contributed by atoms with Crippen molar-refractivity contribution in [3.05, 3.63) is 64.7 Å². The van der Waals surface area contributed by atoms with Gasteiger partial charge in [0.25, 0.3) is 5.91 Å². The van der Waals surface area contributed by atoms with Gasteiger partial charge in [0.15, 0.2) is 17.2 Å². The molecule has 2 aromatic heterocycles. The molecule has 0 bridgehead atoms. The number of nitrogens with zero attached hydrogens (tertiary/aromatic N) is 3. The lowest BCUT2D eigenvalue weighted by molar-refractivity contribution is 0.0997. The number of aromatic nitrogens is 4. The average Bonchev–Trinajstić information content (AvgIpc) is 3.12. The van der Waals surface area contributed by atoms with E-state index in [1.54, 1.807) is 48.5 Å². The molecule has 12 heteroatoms. The number of H-pyrrole nitrogens is 1. The third kappa shape index (κ3) is 4.08. The molecule has 0 saturated heterocycles. The van der Waals surface area contributed by atoms with Crippen molar-refractivity contribution >= 4 is 33.8 Å². The lowest BCUT2D eigenvalue weighted by Gasteiger charge is -2.10. The van der Waals surface area contributed by atoms with Crippen LogP contribution in [0.4, 0.5) is 5.69 Å². The molecule has 0 spiro atoms. The Hall–Kier alpha value is -4.03. The third-order valence-corrected chi connectivity index (χ3v) is 4.98. The van der Waals surface area contributed by atoms with E-state index in [-0.39, 0.29) is 28.6 Å². The van der Waals surface area contributed by atoms with E-state index in [2.05, 4.69) is 20.3 Å². The number of methoxy groups -OCH3 is 1. The molecule has 1 amide bonds. The number of imidazole rings is 1. The number of benzene rings is 2. The number of nitrogens with two attached hydrogens (primary N) is 1. The van der Waals surface area contributed by atoms with Crippen LogP contribution in [-0.4, -0.2) is 47.2 Å². The first-order chi connectivity index (χ1) is 15.4. The van der Waals surface area contributed by atoms with Gasteiger partial charge < -0.3 is 25.3 Å². The maximum atomic E-state index is 12.7. The Morgan fingerprint density at radius 1 is 1.25 bits per heavy atom. The lowest BCUT2D eigenvalue weighted by Crippen LogP contribution is -2.15. The van der Waals surface area contributed by atoms with Crippen molar-refractivity contribution in [2.24, 2.45) is 5.73 Å². The topological polar surface area (TPSA) is 168 Å². The van der Waals surface area contributed by atoms with Crippen LogP contribution < -0.4 is 21.5 Å². The smallest absolute Gasteiger partial charge is 0.332 e. The van der Waals surface area contributed by atoms with Gasteiger partial charge in [0.2, 0.25) is 0 Å². The summed E-state index contributed by atoms with van der Waals surface area (Å²) >= 11 is -2.28. The predicted octanol–water partition coefficient (Wildman–Crippen LogP) is 1.13. The van der Waals surface area contributed by atoms with E-state index in [0.29, 0.717) is 22.7 Å². The van der Waals surface area contributed by atoms with Gasteiger partial charge in [-0.3, -0.25) is 9.00 Å². The highest BCUT2D eigenvalue weighted by atomic mass is 32.2. The maximum Gasteiger partial charge on any atom is 0.332 e. The summed E-state index contributed by atoms with van der Waals surface area (Å²) in [7, 11) is 1.51. The Labute approximate surface area is 183 Å². The van der Waals surface area contributed by atoms with Crippen molar-refractivity contribution in [1.82, 2.24) is 19.5 Å². The Bertz CT molecular complexity index is 1410. The van der Waals surface area contributed by atoms with E-state index in [9.17, 15) is 18.4 Å². The number of fused-ring (bicyclic) bond motifs is 1. The number of carbonyl (C=O) groups is 1. The van der Waals surface area contributed by atoms with E-state index in [1.807, 2.05) is 0 Å². The minimum Gasteiger partial charge on any atom is -0.771 e. The molecule has 4 N–H and O–H groups in total. The number of anilines is 1. The van der Waals surface area contributed by atoms with Crippen LogP contribution in [0, 0.1) is 0 Å². The van der Waals surface area contributed by atoms with Crippen molar-refractivity contribution in [2.75, 3.05) is 18.3 Å². The molecule has 2 aromatic carbocycles. The normalized spacial score (nSPS) is 11.9. The van der Waals surface area contributed by atoms with Gasteiger partial charge in [0.1, 0.15) is 11.3 Å². The van der Waals surface area contributed by atoms with Crippen molar-refractivity contribution in [1.29, 1.82) is 0 Å². The second kappa shape index (κ2) is 8.61. The molecule has 164 valence electrons. The number of nitrogens with one attached hydrogen (secondary N) is 2. The third-order valence-electron chi connectivity index (χ3n) is 4.60. The van der Waals surface area contributed by atoms with Gasteiger partial charge in [0.05, 0.1) is 18.7 Å². The van der Waals surface area contributed by atoms with Crippen LogP contribution in [-0.2, 0) is 11.1 Å². The van der Waals surface area contributed by atoms with Crippen molar-refractivity contribution in [2.45, 2.75) is 0 Å². The van der Waals surface area contributed by atoms with E-state index in [4.69, 9.17) is 10.5 Å². The van der Waals surface area contributed by atoms with Crippen molar-refractivity contribution in [3.63, 3.8) is 0 Å². The zero-order valence-corrected chi connectivity index (χ0v) is 17.5. The monoisotopic (exact) mass is 453 g/mol. The fourth-order valence-electron chi connectivity index (χ4n) is 3.19. The summed E-state index contributed by atoms with van der Waals surface area (Å²) in [4.78, 5) is 36.2. The van der Waals surface area contributed by atoms with Crippen molar-refractivity contribution in [3.8, 4) is 22.8 Å². The van der Waals surface area contributed by atoms with Gasteiger partial charge in [-0.1, -0.05) is 18.2 Å². The van der Waals surface area contributed by atoms with Gasteiger partial charge >= 0.3 is 5.69 Å². The molecular formula is C20H17N6O5S-. The highest BCUT2D eigenvalue weighted by Gasteiger charge is 2.20. The van der Waals surface area contributed by atoms with Crippen LogP contribution in [0.15, 0.2) is 53.3 Å². The molecular weight excluding hydrogens is 436 g/mol. The Morgan fingerprint density at radius 2 is 2.03 bits per heavy atom. The highest BCUT2D eigenvalue weighted by molar-refractivity contribution is 7.79. The van der Waals surface area contributed by atoms with Gasteiger partial charge in [0, 0.05) is 17.3 Å². The second-order valence-electron chi connectivity index (χ2n) is 6.63. The zero-order chi connectivity index (χ0) is 22.8. The molecule has 1 atom stereocenters. The van der Waals surface area contributed by atoms with Gasteiger partial charge in [-0.2, -0.15) is 0 Å². The number of rotatable bonds is 7. The lowest BCUT2D eigenvalue weighted by atomic mass is 10.2. The summed E-state index contributed by atoms with van der Waals surface area (Å²) in [6.07, 6.45) is 0. The summed E-state index contributed by atoms with van der Waals surface area (Å²) in [5.74, 6) is -0.450. The summed E-state index contributed by atoms with van der Waals surface area (Å²) in [5.41, 5.74) is 6.56. The van der Waals surface area contributed by atoms with Gasteiger partial charge in [-0.25, -0.2) is 19.3 Å². The Kier molecular flexibility index (Phi) is 5.71. The zero-order valence-electron chi connectivity index (χ0n) is 16.7. The van der Waals surface area contributed by atoms with E-state index < -0.39 is 22.7 Å². The molecule has 2 heterocycles. The molecule has 4 rings (SSSR count). The van der Waals surface area contributed by atoms with Crippen LogP contribution in [0.25, 0.3) is 28.2 Å². The first kappa shape index (κ1) is 21.2. The Balaban J connectivity index is 1.92. The number of aromatic amines is 1. The number of hydrogen-bond acceptors (Lipinski definition) is 8. The summed E-state index contributed by atoms with van der Waals surface area (Å²) in [6.45, 7) is 0. The summed E-state index contributed by atoms with van der Waals surface area (Å²) in [5, 5.41) is 2.75. The van der Waals surface area contributed by atoms with Gasteiger partial charge in [-0.15, -0.1) is 0 Å². The fourth-order valence-corrected chi connectivity index (χ4v) is 3.48. The second-order valence-corrected chi connectivity index (χ2v) is 7.53. The molecule has 0 saturated carbocycles. The van der Waals surface area contributed by atoms with Crippen LogP contribution in [0.5, 0.6) is 5.75 Å². The molecule has 0 fully saturated rings. The minimum atomic E-state index is -2.28. The Morgan fingerprint density at radius 3 is 2.75 bits per heavy atom. The molecule has 1 unspecified atom stereocenters. The quantitative estimate of drug-likeness (QED) is 0.350. The number of ether oxygens (including phenoxy) is 1. The van der Waals surface area contributed by atoms with E-state index in [0.717, 1.165) is 0 Å². The maximum absolute atomic E-state index is 12.7. The number of carbonyl (C=O) groups excluding carboxylic acids is 1. The number of amides is 1. The highest BCUT2D eigenvalue weighted by Crippen LogP contribution is 2.25. The molecule has 0 aliphatic heterocycles. The first-order valence-electron chi connectivity index (χ1n) is 9.24. The average molecular weight is 453 g/mol. The van der Waals surface area contributed by atoms with Crippen LogP contribution >= 0.6 is 0 Å².